The predicted molar refractivity (Wildman–Crippen MR) is 128 cm³/mol. The van der Waals surface area contributed by atoms with Gasteiger partial charge in [-0.25, -0.2) is 0 Å². The standard InChI is InChI=1S/C29H48O/c1-19(2)9-8-10-20(3)22-12-13-23-21-11-14-25-27(4,5)26(30)16-18-29(25,7)24(21)15-17-28(22,23)6/h12-13,19-20,22-23,25-26,30H,8-11,14-18H2,1-7H3/t20-,22-,23-,25+,26+,28-,29-/m1/s1. The first-order chi connectivity index (χ1) is 14.0. The first kappa shape index (κ1) is 22.6. The van der Waals surface area contributed by atoms with Gasteiger partial charge in [0.2, 0.25) is 0 Å². The lowest BCUT2D eigenvalue weighted by molar-refractivity contribution is -0.0927. The first-order valence-corrected chi connectivity index (χ1v) is 13.1. The summed E-state index contributed by atoms with van der Waals surface area (Å²) in [5.41, 5.74) is 4.43. The highest BCUT2D eigenvalue weighted by Gasteiger charge is 2.58. The molecule has 0 aliphatic heterocycles. The van der Waals surface area contributed by atoms with Crippen molar-refractivity contribution in [3.05, 3.63) is 23.3 Å². The van der Waals surface area contributed by atoms with Crippen LogP contribution in [0.15, 0.2) is 23.3 Å². The predicted octanol–water partition coefficient (Wildman–Crippen LogP) is 7.94. The molecule has 1 heteroatoms. The van der Waals surface area contributed by atoms with Gasteiger partial charge in [-0.3, -0.25) is 0 Å². The van der Waals surface area contributed by atoms with Gasteiger partial charge in [0.1, 0.15) is 0 Å². The fourth-order valence-corrected chi connectivity index (χ4v) is 8.67. The zero-order valence-corrected chi connectivity index (χ0v) is 20.9. The molecule has 1 saturated carbocycles. The number of hydrogen-bond donors (Lipinski definition) is 1. The molecule has 1 nitrogen and oxygen atoms in total. The second-order valence-electron chi connectivity index (χ2n) is 13.1. The van der Waals surface area contributed by atoms with E-state index in [4.69, 9.17) is 0 Å². The average molecular weight is 413 g/mol. The maximum atomic E-state index is 10.8. The zero-order chi connectivity index (χ0) is 21.9. The Morgan fingerprint density at radius 3 is 2.40 bits per heavy atom. The minimum absolute atomic E-state index is 0.0469. The minimum atomic E-state index is -0.131. The molecule has 0 saturated heterocycles. The number of hydrogen-bond acceptors (Lipinski definition) is 1. The van der Waals surface area contributed by atoms with Crippen LogP contribution in [0.5, 0.6) is 0 Å². The number of aliphatic hydroxyl groups is 1. The minimum Gasteiger partial charge on any atom is -0.393 e. The van der Waals surface area contributed by atoms with Crippen molar-refractivity contribution in [1.82, 2.24) is 0 Å². The van der Waals surface area contributed by atoms with Crippen molar-refractivity contribution >= 4 is 0 Å². The van der Waals surface area contributed by atoms with Gasteiger partial charge in [0.25, 0.3) is 0 Å². The molecule has 30 heavy (non-hydrogen) atoms. The van der Waals surface area contributed by atoms with Crippen molar-refractivity contribution in [1.29, 1.82) is 0 Å². The Labute approximate surface area is 186 Å². The molecule has 4 aliphatic rings. The molecule has 0 amide bonds. The Morgan fingerprint density at radius 2 is 1.70 bits per heavy atom. The Balaban J connectivity index is 1.58. The number of rotatable bonds is 5. The van der Waals surface area contributed by atoms with Crippen LogP contribution in [-0.4, -0.2) is 11.2 Å². The SMILES string of the molecule is CC(C)CCC[C@@H](C)[C@H]1C=C[C@@H]2C3=C(CC[C@@]21C)[C@@]1(C)CC[C@H](O)C(C)(C)[C@@H]1CC3. The molecule has 4 rings (SSSR count). The van der Waals surface area contributed by atoms with E-state index in [-0.39, 0.29) is 11.5 Å². The second kappa shape index (κ2) is 7.79. The highest BCUT2D eigenvalue weighted by Crippen LogP contribution is 2.66. The van der Waals surface area contributed by atoms with Crippen molar-refractivity contribution < 1.29 is 5.11 Å². The van der Waals surface area contributed by atoms with E-state index >= 15 is 0 Å². The summed E-state index contributed by atoms with van der Waals surface area (Å²) in [7, 11) is 0. The van der Waals surface area contributed by atoms with Crippen molar-refractivity contribution in [2.24, 2.45) is 45.8 Å². The molecule has 0 unspecified atom stereocenters. The molecule has 0 spiro atoms. The topological polar surface area (TPSA) is 20.2 Å². The quantitative estimate of drug-likeness (QED) is 0.454. The summed E-state index contributed by atoms with van der Waals surface area (Å²) in [4.78, 5) is 0. The lowest BCUT2D eigenvalue weighted by Crippen LogP contribution is -2.53. The molecule has 7 atom stereocenters. The molecule has 1 fully saturated rings. The summed E-state index contributed by atoms with van der Waals surface area (Å²) in [6, 6.07) is 0. The zero-order valence-electron chi connectivity index (χ0n) is 20.9. The van der Waals surface area contributed by atoms with E-state index in [1.807, 2.05) is 11.1 Å². The van der Waals surface area contributed by atoms with Crippen LogP contribution in [0.2, 0.25) is 0 Å². The third-order valence-corrected chi connectivity index (χ3v) is 10.6. The molecular weight excluding hydrogens is 364 g/mol. The van der Waals surface area contributed by atoms with E-state index in [2.05, 4.69) is 60.6 Å². The summed E-state index contributed by atoms with van der Waals surface area (Å²) in [5.74, 6) is 3.68. The Hall–Kier alpha value is -0.560. The summed E-state index contributed by atoms with van der Waals surface area (Å²) >= 11 is 0. The van der Waals surface area contributed by atoms with Crippen molar-refractivity contribution in [3.63, 3.8) is 0 Å². The molecular formula is C29H48O. The number of aliphatic hydroxyl groups excluding tert-OH is 1. The maximum Gasteiger partial charge on any atom is 0.0594 e. The summed E-state index contributed by atoms with van der Waals surface area (Å²) in [5, 5.41) is 10.8. The monoisotopic (exact) mass is 412 g/mol. The van der Waals surface area contributed by atoms with Crippen LogP contribution in [0.25, 0.3) is 0 Å². The van der Waals surface area contributed by atoms with Crippen molar-refractivity contribution in [3.8, 4) is 0 Å². The van der Waals surface area contributed by atoms with Crippen LogP contribution in [-0.2, 0) is 0 Å². The Bertz CT molecular complexity index is 712. The fourth-order valence-electron chi connectivity index (χ4n) is 8.67. The molecule has 0 aromatic rings. The molecule has 0 bridgehead atoms. The van der Waals surface area contributed by atoms with Crippen molar-refractivity contribution in [2.45, 2.75) is 112 Å². The van der Waals surface area contributed by atoms with Crippen LogP contribution in [0.3, 0.4) is 0 Å². The summed E-state index contributed by atoms with van der Waals surface area (Å²) < 4.78 is 0. The van der Waals surface area contributed by atoms with Crippen LogP contribution in [0.4, 0.5) is 0 Å². The van der Waals surface area contributed by atoms with E-state index in [1.165, 1.54) is 51.4 Å². The third-order valence-electron chi connectivity index (χ3n) is 10.6. The van der Waals surface area contributed by atoms with E-state index in [9.17, 15) is 5.11 Å². The van der Waals surface area contributed by atoms with Gasteiger partial charge < -0.3 is 5.11 Å². The number of fused-ring (bicyclic) bond motifs is 4. The van der Waals surface area contributed by atoms with Crippen LogP contribution in [0.1, 0.15) is 106 Å². The molecule has 0 heterocycles. The second-order valence-corrected chi connectivity index (χ2v) is 13.1. The average Bonchev–Trinajstić information content (AvgIpc) is 3.02. The van der Waals surface area contributed by atoms with Gasteiger partial charge in [0, 0.05) is 5.92 Å². The summed E-state index contributed by atoms with van der Waals surface area (Å²) in [6.45, 7) is 17.1. The largest absolute Gasteiger partial charge is 0.393 e. The molecule has 0 radical (unpaired) electrons. The maximum absolute atomic E-state index is 10.8. The van der Waals surface area contributed by atoms with Gasteiger partial charge in [-0.15, -0.1) is 0 Å². The van der Waals surface area contributed by atoms with Crippen LogP contribution in [0, 0.1) is 45.8 Å². The van der Waals surface area contributed by atoms with Gasteiger partial charge in [-0.2, -0.15) is 0 Å². The van der Waals surface area contributed by atoms with Crippen molar-refractivity contribution in [2.75, 3.05) is 0 Å². The van der Waals surface area contributed by atoms with E-state index < -0.39 is 0 Å². The van der Waals surface area contributed by atoms with E-state index in [1.54, 1.807) is 0 Å². The van der Waals surface area contributed by atoms with E-state index in [0.29, 0.717) is 22.7 Å². The lowest BCUT2D eigenvalue weighted by atomic mass is 9.45. The fraction of sp³-hybridized carbons (Fsp3) is 0.862. The molecule has 0 aromatic carbocycles. The Morgan fingerprint density at radius 1 is 0.967 bits per heavy atom. The van der Waals surface area contributed by atoms with Gasteiger partial charge in [0.05, 0.1) is 6.10 Å². The highest BCUT2D eigenvalue weighted by molar-refractivity contribution is 5.39. The van der Waals surface area contributed by atoms with Gasteiger partial charge in [-0.1, -0.05) is 91.0 Å². The molecule has 170 valence electrons. The summed E-state index contributed by atoms with van der Waals surface area (Å²) in [6.07, 6.45) is 16.6. The van der Waals surface area contributed by atoms with Crippen LogP contribution >= 0.6 is 0 Å². The third kappa shape index (κ3) is 3.37. The highest BCUT2D eigenvalue weighted by atomic mass is 16.3. The van der Waals surface area contributed by atoms with E-state index in [0.717, 1.165) is 24.2 Å². The first-order valence-electron chi connectivity index (χ1n) is 13.1. The normalized spacial score (nSPS) is 43.4. The smallest absolute Gasteiger partial charge is 0.0594 e. The Kier molecular flexibility index (Phi) is 5.87. The van der Waals surface area contributed by atoms with Gasteiger partial charge >= 0.3 is 0 Å². The molecule has 0 aromatic heterocycles. The molecule has 4 aliphatic carbocycles. The molecule has 1 N–H and O–H groups in total. The lowest BCUT2D eigenvalue weighted by Gasteiger charge is -2.60. The van der Waals surface area contributed by atoms with Gasteiger partial charge in [-0.05, 0) is 78.4 Å². The number of allylic oxidation sites excluding steroid dienone is 4. The van der Waals surface area contributed by atoms with Gasteiger partial charge in [0.15, 0.2) is 0 Å². The van der Waals surface area contributed by atoms with Crippen LogP contribution < -0.4 is 0 Å².